The summed E-state index contributed by atoms with van der Waals surface area (Å²) in [7, 11) is 0. The van der Waals surface area contributed by atoms with Gasteiger partial charge in [-0.1, -0.05) is 30.3 Å². The quantitative estimate of drug-likeness (QED) is 0.693. The van der Waals surface area contributed by atoms with Crippen molar-refractivity contribution in [3.8, 4) is 0 Å². The smallest absolute Gasteiger partial charge is 0.241 e. The summed E-state index contributed by atoms with van der Waals surface area (Å²) in [6.45, 7) is 1.93. The minimum absolute atomic E-state index is 0.250. The molecular formula is C11H15NO2. The molecule has 0 saturated heterocycles. The first-order valence-electron chi connectivity index (χ1n) is 4.34. The Balaban J connectivity index is 0.000000500. The van der Waals surface area contributed by atoms with Crippen LogP contribution in [0.5, 0.6) is 0 Å². The van der Waals surface area contributed by atoms with Crippen LogP contribution in [0.3, 0.4) is 0 Å². The molecule has 0 atom stereocenters. The number of rotatable bonds is 2. The van der Waals surface area contributed by atoms with Gasteiger partial charge in [-0.3, -0.25) is 4.79 Å². The van der Waals surface area contributed by atoms with Crippen LogP contribution in [-0.4, -0.2) is 17.6 Å². The molecule has 3 N–H and O–H groups in total. The number of hydrogen-bond donors (Lipinski definition) is 2. The van der Waals surface area contributed by atoms with Crippen molar-refractivity contribution in [3.63, 3.8) is 0 Å². The average Bonchev–Trinajstić information content (AvgIpc) is 2.18. The van der Waals surface area contributed by atoms with Crippen molar-refractivity contribution < 1.29 is 9.90 Å². The molecular weight excluding hydrogens is 178 g/mol. The van der Waals surface area contributed by atoms with E-state index in [1.54, 1.807) is 13.0 Å². The highest BCUT2D eigenvalue weighted by Crippen LogP contribution is 1.99. The molecule has 1 rings (SSSR count). The topological polar surface area (TPSA) is 63.3 Å². The zero-order valence-corrected chi connectivity index (χ0v) is 8.18. The van der Waals surface area contributed by atoms with Gasteiger partial charge in [0.1, 0.15) is 0 Å². The lowest BCUT2D eigenvalue weighted by atomic mass is 10.2. The maximum atomic E-state index is 10.3. The monoisotopic (exact) mass is 193 g/mol. The van der Waals surface area contributed by atoms with Gasteiger partial charge in [0, 0.05) is 12.7 Å². The zero-order chi connectivity index (χ0) is 10.8. The number of carbonyl (C=O) groups excluding carboxylic acids is 1. The van der Waals surface area contributed by atoms with Gasteiger partial charge in [0.25, 0.3) is 0 Å². The minimum Gasteiger partial charge on any atom is -0.397 e. The number of aliphatic hydroxyl groups excluding tert-OH is 1. The maximum Gasteiger partial charge on any atom is 0.241 e. The standard InChI is InChI=1S/C9H9NO.C2H6O/c10-9(11)7-6-8-4-2-1-3-5-8;1-2-3/h1-7H,(H2,10,11);3H,2H2,1H3/b7-6+;. The highest BCUT2D eigenvalue weighted by molar-refractivity contribution is 5.90. The Morgan fingerprint density at radius 2 is 1.93 bits per heavy atom. The summed E-state index contributed by atoms with van der Waals surface area (Å²) in [5.74, 6) is -0.422. The summed E-state index contributed by atoms with van der Waals surface area (Å²) < 4.78 is 0. The van der Waals surface area contributed by atoms with E-state index in [0.717, 1.165) is 5.56 Å². The van der Waals surface area contributed by atoms with Crippen molar-refractivity contribution in [1.29, 1.82) is 0 Å². The van der Waals surface area contributed by atoms with Crippen LogP contribution in [0.1, 0.15) is 12.5 Å². The summed E-state index contributed by atoms with van der Waals surface area (Å²) in [5, 5.41) is 7.57. The third-order valence-electron chi connectivity index (χ3n) is 1.24. The second-order valence-electron chi connectivity index (χ2n) is 2.46. The lowest BCUT2D eigenvalue weighted by molar-refractivity contribution is -0.113. The number of nitrogens with two attached hydrogens (primary N) is 1. The van der Waals surface area contributed by atoms with E-state index in [1.165, 1.54) is 6.08 Å². The molecule has 0 saturated carbocycles. The fourth-order valence-electron chi connectivity index (χ4n) is 0.743. The molecule has 0 fully saturated rings. The van der Waals surface area contributed by atoms with Gasteiger partial charge in [0.2, 0.25) is 5.91 Å². The van der Waals surface area contributed by atoms with Gasteiger partial charge in [-0.2, -0.15) is 0 Å². The number of hydrogen-bond acceptors (Lipinski definition) is 2. The van der Waals surface area contributed by atoms with Gasteiger partial charge in [0.05, 0.1) is 0 Å². The fraction of sp³-hybridized carbons (Fsp3) is 0.182. The summed E-state index contributed by atoms with van der Waals surface area (Å²) in [6.07, 6.45) is 3.03. The van der Waals surface area contributed by atoms with E-state index in [2.05, 4.69) is 0 Å². The van der Waals surface area contributed by atoms with Crippen molar-refractivity contribution in [1.82, 2.24) is 0 Å². The molecule has 1 amide bonds. The van der Waals surface area contributed by atoms with Crippen molar-refractivity contribution in [2.45, 2.75) is 6.92 Å². The number of benzene rings is 1. The van der Waals surface area contributed by atoms with E-state index in [0.29, 0.717) is 0 Å². The van der Waals surface area contributed by atoms with Crippen LogP contribution in [0.2, 0.25) is 0 Å². The van der Waals surface area contributed by atoms with Gasteiger partial charge < -0.3 is 10.8 Å². The molecule has 0 heterocycles. The van der Waals surface area contributed by atoms with Crippen LogP contribution >= 0.6 is 0 Å². The lowest BCUT2D eigenvalue weighted by Gasteiger charge is -1.88. The van der Waals surface area contributed by atoms with Crippen molar-refractivity contribution >= 4 is 12.0 Å². The molecule has 0 bridgehead atoms. The summed E-state index contributed by atoms with van der Waals surface area (Å²) in [4.78, 5) is 10.3. The van der Waals surface area contributed by atoms with E-state index in [9.17, 15) is 4.79 Å². The first kappa shape index (κ1) is 12.4. The predicted molar refractivity (Wildman–Crippen MR) is 57.4 cm³/mol. The second-order valence-corrected chi connectivity index (χ2v) is 2.46. The Morgan fingerprint density at radius 3 is 2.36 bits per heavy atom. The molecule has 1 aromatic carbocycles. The summed E-state index contributed by atoms with van der Waals surface area (Å²) in [5.41, 5.74) is 5.89. The molecule has 3 nitrogen and oxygen atoms in total. The minimum atomic E-state index is -0.422. The largest absolute Gasteiger partial charge is 0.397 e. The predicted octanol–water partition coefficient (Wildman–Crippen LogP) is 1.18. The van der Waals surface area contributed by atoms with Crippen LogP contribution in [-0.2, 0) is 4.79 Å². The van der Waals surface area contributed by atoms with Crippen molar-refractivity contribution in [2.75, 3.05) is 6.61 Å². The first-order chi connectivity index (χ1) is 6.70. The third-order valence-corrected chi connectivity index (χ3v) is 1.24. The average molecular weight is 193 g/mol. The summed E-state index contributed by atoms with van der Waals surface area (Å²) in [6, 6.07) is 9.53. The van der Waals surface area contributed by atoms with E-state index in [-0.39, 0.29) is 6.61 Å². The molecule has 0 aliphatic heterocycles. The number of aliphatic hydroxyl groups is 1. The Labute approximate surface area is 83.9 Å². The highest BCUT2D eigenvalue weighted by Gasteiger charge is 1.84. The molecule has 14 heavy (non-hydrogen) atoms. The van der Waals surface area contributed by atoms with Gasteiger partial charge >= 0.3 is 0 Å². The molecule has 0 aromatic heterocycles. The third kappa shape index (κ3) is 7.06. The number of carbonyl (C=O) groups is 1. The second kappa shape index (κ2) is 8.01. The molecule has 0 unspecified atom stereocenters. The van der Waals surface area contributed by atoms with Gasteiger partial charge in [-0.05, 0) is 18.6 Å². The van der Waals surface area contributed by atoms with Gasteiger partial charge in [-0.15, -0.1) is 0 Å². The van der Waals surface area contributed by atoms with E-state index < -0.39 is 5.91 Å². The first-order valence-corrected chi connectivity index (χ1v) is 4.34. The Kier molecular flexibility index (Phi) is 7.09. The van der Waals surface area contributed by atoms with Crippen molar-refractivity contribution in [3.05, 3.63) is 42.0 Å². The van der Waals surface area contributed by atoms with Gasteiger partial charge in [0.15, 0.2) is 0 Å². The van der Waals surface area contributed by atoms with E-state index in [4.69, 9.17) is 10.8 Å². The molecule has 0 radical (unpaired) electrons. The Morgan fingerprint density at radius 1 is 1.43 bits per heavy atom. The number of primary amides is 1. The van der Waals surface area contributed by atoms with Crippen LogP contribution in [0.25, 0.3) is 6.08 Å². The van der Waals surface area contributed by atoms with Crippen LogP contribution < -0.4 is 5.73 Å². The van der Waals surface area contributed by atoms with Crippen LogP contribution in [0, 0.1) is 0 Å². The van der Waals surface area contributed by atoms with E-state index in [1.807, 2.05) is 30.3 Å². The molecule has 0 aliphatic carbocycles. The van der Waals surface area contributed by atoms with Crippen LogP contribution in [0.4, 0.5) is 0 Å². The van der Waals surface area contributed by atoms with Crippen molar-refractivity contribution in [2.24, 2.45) is 5.73 Å². The molecule has 0 spiro atoms. The normalized spacial score (nSPS) is 9.29. The van der Waals surface area contributed by atoms with Crippen LogP contribution in [0.15, 0.2) is 36.4 Å². The molecule has 1 aromatic rings. The fourth-order valence-corrected chi connectivity index (χ4v) is 0.743. The number of amides is 1. The zero-order valence-electron chi connectivity index (χ0n) is 8.18. The lowest BCUT2D eigenvalue weighted by Crippen LogP contribution is -2.04. The molecule has 0 aliphatic rings. The molecule has 3 heteroatoms. The Hall–Kier alpha value is -1.61. The van der Waals surface area contributed by atoms with E-state index >= 15 is 0 Å². The maximum absolute atomic E-state index is 10.3. The SMILES string of the molecule is CCO.NC(=O)/C=C/c1ccccc1. The summed E-state index contributed by atoms with van der Waals surface area (Å²) >= 11 is 0. The highest BCUT2D eigenvalue weighted by atomic mass is 16.2. The Bertz CT molecular complexity index is 281. The molecule has 76 valence electrons. The van der Waals surface area contributed by atoms with Gasteiger partial charge in [-0.25, -0.2) is 0 Å².